The Kier molecular flexibility index (Phi) is 20.8. The first-order valence-corrected chi connectivity index (χ1v) is 17.6. The van der Waals surface area contributed by atoms with Crippen LogP contribution in [0, 0.1) is 23.7 Å². The summed E-state index contributed by atoms with van der Waals surface area (Å²) >= 11 is 0. The van der Waals surface area contributed by atoms with Gasteiger partial charge >= 0.3 is 17.9 Å². The molecule has 23 heteroatoms. The van der Waals surface area contributed by atoms with Gasteiger partial charge in [-0.15, -0.1) is 0 Å². The molecule has 1 rings (SSSR count). The third kappa shape index (κ3) is 16.4. The lowest BCUT2D eigenvalue weighted by atomic mass is 9.86. The van der Waals surface area contributed by atoms with Gasteiger partial charge in [-0.1, -0.05) is 25.9 Å². The summed E-state index contributed by atoms with van der Waals surface area (Å²) in [6.45, 7) is 2.52. The molecule has 1 heterocycles. The van der Waals surface area contributed by atoms with E-state index in [9.17, 15) is 78.9 Å². The van der Waals surface area contributed by atoms with Gasteiger partial charge in [-0.3, -0.25) is 43.2 Å². The van der Waals surface area contributed by atoms with Crippen LogP contribution in [0.1, 0.15) is 65.7 Å². The highest BCUT2D eigenvalue weighted by Crippen LogP contribution is 2.22. The van der Waals surface area contributed by atoms with E-state index in [1.807, 2.05) is 0 Å². The molecule has 1 fully saturated rings. The molecule has 0 radical (unpaired) electrons. The molecule has 1 saturated heterocycles. The second kappa shape index (κ2) is 23.8. The number of aliphatic hydroxyl groups excluding tert-OH is 4. The van der Waals surface area contributed by atoms with Gasteiger partial charge in [-0.05, 0) is 17.9 Å². The standard InChI is InChI=1S/C33H50N6O17/c1-14(2)18(9-22(43)19(4-5-25(44)45)37-32(54)16(8-26(46)47)7-17(41)11-36-39-34)33(55)38-20(10-27(48)49)21(42)6-15(3)31(53)35-12-23-28(50)30(52)29(51)24(13-40)56-23/h14-16,18-20,23-24,28-30,40,50-52H,4-13H2,1-3H3,(H,35,53)(H,37,54)(H,38,55)(H,44,45)(H,46,47)(H,48,49)/t15-,16+,18+,19+,20+,23+,24-,28+,29?,30?/m1/s1. The number of carboxylic acids is 3. The second-order valence-electron chi connectivity index (χ2n) is 13.8. The Morgan fingerprint density at radius 2 is 1.29 bits per heavy atom. The number of carbonyl (C=O) groups is 9. The summed E-state index contributed by atoms with van der Waals surface area (Å²) in [5.41, 5.74) is 8.43. The molecule has 314 valence electrons. The summed E-state index contributed by atoms with van der Waals surface area (Å²) in [7, 11) is 0. The fourth-order valence-electron chi connectivity index (χ4n) is 5.74. The molecule has 3 amide bonds. The molecule has 1 aliphatic heterocycles. The van der Waals surface area contributed by atoms with Crippen molar-refractivity contribution in [3.63, 3.8) is 0 Å². The third-order valence-corrected chi connectivity index (χ3v) is 9.00. The first kappa shape index (κ1) is 49.0. The summed E-state index contributed by atoms with van der Waals surface area (Å²) in [5, 5.41) is 77.4. The number of amides is 3. The number of azide groups is 1. The Balaban J connectivity index is 3.11. The van der Waals surface area contributed by atoms with E-state index >= 15 is 0 Å². The number of nitrogens with zero attached hydrogens (tertiary/aromatic N) is 3. The van der Waals surface area contributed by atoms with Gasteiger partial charge in [-0.2, -0.15) is 0 Å². The number of carboxylic acid groups (broad SMARTS) is 3. The van der Waals surface area contributed by atoms with Crippen molar-refractivity contribution in [3.8, 4) is 0 Å². The molecule has 0 bridgehead atoms. The molecular formula is C33H50N6O17. The van der Waals surface area contributed by atoms with Crippen molar-refractivity contribution in [2.45, 2.75) is 108 Å². The lowest BCUT2D eigenvalue weighted by Gasteiger charge is -2.40. The zero-order chi connectivity index (χ0) is 42.9. The maximum atomic E-state index is 13.5. The van der Waals surface area contributed by atoms with E-state index in [2.05, 4.69) is 26.0 Å². The number of aliphatic hydroxyl groups is 4. The van der Waals surface area contributed by atoms with Crippen molar-refractivity contribution in [3.05, 3.63) is 10.4 Å². The maximum Gasteiger partial charge on any atom is 0.305 e. The Bertz CT molecular complexity index is 1500. The number of ketones is 3. The molecule has 23 nitrogen and oxygen atoms in total. The van der Waals surface area contributed by atoms with Crippen LogP contribution in [-0.4, -0.2) is 151 Å². The van der Waals surface area contributed by atoms with E-state index in [-0.39, 0.29) is 0 Å². The number of carbonyl (C=O) groups excluding carboxylic acids is 6. The largest absolute Gasteiger partial charge is 0.481 e. The van der Waals surface area contributed by atoms with Gasteiger partial charge in [0.15, 0.2) is 11.6 Å². The highest BCUT2D eigenvalue weighted by molar-refractivity contribution is 5.97. The van der Waals surface area contributed by atoms with Crippen LogP contribution in [0.3, 0.4) is 0 Å². The van der Waals surface area contributed by atoms with Gasteiger partial charge in [0.05, 0.1) is 44.0 Å². The molecule has 0 aromatic heterocycles. The van der Waals surface area contributed by atoms with Crippen LogP contribution in [0.2, 0.25) is 0 Å². The zero-order valence-corrected chi connectivity index (χ0v) is 31.0. The third-order valence-electron chi connectivity index (χ3n) is 9.00. The van der Waals surface area contributed by atoms with Crippen LogP contribution >= 0.6 is 0 Å². The molecule has 0 spiro atoms. The molecule has 10 N–H and O–H groups in total. The predicted molar refractivity (Wildman–Crippen MR) is 186 cm³/mol. The number of aliphatic carboxylic acids is 3. The summed E-state index contributed by atoms with van der Waals surface area (Å²) in [5.74, 6) is -14.4. The van der Waals surface area contributed by atoms with Crippen molar-refractivity contribution in [2.75, 3.05) is 19.7 Å². The SMILES string of the molecule is CC(C)[C@H](CC(=O)[C@H](CCC(=O)O)NC(=O)[C@H](CC(=O)O)CC(=O)CN=[N+]=[N-])C(=O)N[C@@H](CC(=O)O)C(=O)C[C@@H](C)C(=O)NC[C@@H]1O[C@H](CO)C(O)C(O)[C@H]1O. The summed E-state index contributed by atoms with van der Waals surface area (Å²) in [6.07, 6.45) is -12.4. The number of nitrogens with one attached hydrogen (secondary N) is 3. The van der Waals surface area contributed by atoms with E-state index in [1.165, 1.54) is 20.8 Å². The minimum absolute atomic E-state index is 0.415. The average molecular weight is 803 g/mol. The quantitative estimate of drug-likeness (QED) is 0.0244. The van der Waals surface area contributed by atoms with Crippen LogP contribution in [-0.2, 0) is 47.9 Å². The summed E-state index contributed by atoms with van der Waals surface area (Å²) in [6, 6.07) is -3.28. The van der Waals surface area contributed by atoms with E-state index < -0.39 is 184 Å². The number of rotatable bonds is 26. The van der Waals surface area contributed by atoms with Gasteiger partial charge in [0.1, 0.15) is 36.3 Å². The molecule has 0 aromatic rings. The lowest BCUT2D eigenvalue weighted by Crippen LogP contribution is -2.61. The number of Topliss-reactive ketones (excluding diaryl/α,β-unsaturated/α-hetero) is 3. The average Bonchev–Trinajstić information content (AvgIpc) is 3.11. The molecule has 10 atom stereocenters. The molecule has 1 aliphatic rings. The summed E-state index contributed by atoms with van der Waals surface area (Å²) in [4.78, 5) is 115. The Labute approximate surface area is 319 Å². The Morgan fingerprint density at radius 1 is 0.714 bits per heavy atom. The van der Waals surface area contributed by atoms with Gasteiger partial charge in [0.2, 0.25) is 17.7 Å². The molecule has 0 aliphatic carbocycles. The predicted octanol–water partition coefficient (Wildman–Crippen LogP) is -2.56. The minimum Gasteiger partial charge on any atom is -0.481 e. The normalized spacial score (nSPS) is 21.9. The fourth-order valence-corrected chi connectivity index (χ4v) is 5.74. The molecule has 56 heavy (non-hydrogen) atoms. The van der Waals surface area contributed by atoms with Crippen LogP contribution in [0.4, 0.5) is 0 Å². The Morgan fingerprint density at radius 3 is 1.82 bits per heavy atom. The monoisotopic (exact) mass is 802 g/mol. The van der Waals surface area contributed by atoms with E-state index in [0.29, 0.717) is 0 Å². The van der Waals surface area contributed by atoms with Crippen LogP contribution in [0.5, 0.6) is 0 Å². The lowest BCUT2D eigenvalue weighted by molar-refractivity contribution is -0.227. The molecule has 0 aromatic carbocycles. The van der Waals surface area contributed by atoms with Crippen LogP contribution in [0.25, 0.3) is 10.4 Å². The number of hydrogen-bond donors (Lipinski definition) is 10. The fraction of sp³-hybridized carbons (Fsp3) is 0.727. The van der Waals surface area contributed by atoms with Crippen molar-refractivity contribution >= 4 is 53.0 Å². The van der Waals surface area contributed by atoms with Crippen molar-refractivity contribution < 1.29 is 83.6 Å². The molecule has 0 saturated carbocycles. The van der Waals surface area contributed by atoms with E-state index in [1.54, 1.807) is 0 Å². The number of hydrogen-bond acceptors (Lipinski definition) is 15. The zero-order valence-electron chi connectivity index (χ0n) is 31.0. The van der Waals surface area contributed by atoms with Crippen molar-refractivity contribution in [1.82, 2.24) is 16.0 Å². The van der Waals surface area contributed by atoms with Crippen LogP contribution in [0.15, 0.2) is 5.11 Å². The van der Waals surface area contributed by atoms with Gasteiger partial charge in [0.25, 0.3) is 0 Å². The number of ether oxygens (including phenoxy) is 1. The van der Waals surface area contributed by atoms with Crippen molar-refractivity contribution in [1.29, 1.82) is 0 Å². The first-order valence-electron chi connectivity index (χ1n) is 17.6. The van der Waals surface area contributed by atoms with Gasteiger partial charge < -0.3 is 56.4 Å². The van der Waals surface area contributed by atoms with Crippen LogP contribution < -0.4 is 16.0 Å². The second-order valence-corrected chi connectivity index (χ2v) is 13.8. The highest BCUT2D eigenvalue weighted by atomic mass is 16.5. The topological polar surface area (TPSA) is 389 Å². The van der Waals surface area contributed by atoms with Gasteiger partial charge in [-0.25, -0.2) is 0 Å². The highest BCUT2D eigenvalue weighted by Gasteiger charge is 2.43. The minimum atomic E-state index is -1.70. The molecule has 2 unspecified atom stereocenters. The van der Waals surface area contributed by atoms with Crippen molar-refractivity contribution in [2.24, 2.45) is 28.8 Å². The first-order chi connectivity index (χ1) is 26.1. The smallest absolute Gasteiger partial charge is 0.305 e. The van der Waals surface area contributed by atoms with E-state index in [4.69, 9.17) is 10.3 Å². The maximum absolute atomic E-state index is 13.5. The summed E-state index contributed by atoms with van der Waals surface area (Å²) < 4.78 is 5.32. The van der Waals surface area contributed by atoms with Gasteiger partial charge in [0, 0.05) is 49.0 Å². The van der Waals surface area contributed by atoms with E-state index in [0.717, 1.165) is 0 Å². The Hall–Kier alpha value is -5.06. The molecular weight excluding hydrogens is 752 g/mol.